The lowest BCUT2D eigenvalue weighted by Crippen LogP contribution is -2.54. The van der Waals surface area contributed by atoms with E-state index in [1.165, 1.54) is 6.92 Å². The SMILES string of the molecule is CC1(F)CN(c2nccc(N)n2)CCC1OCCO. The van der Waals surface area contributed by atoms with Crippen LogP contribution in [0.25, 0.3) is 0 Å². The number of aliphatic hydroxyl groups excluding tert-OH is 1. The van der Waals surface area contributed by atoms with E-state index in [-0.39, 0.29) is 19.8 Å². The van der Waals surface area contributed by atoms with E-state index in [1.54, 1.807) is 17.2 Å². The van der Waals surface area contributed by atoms with Gasteiger partial charge in [0.05, 0.1) is 25.9 Å². The van der Waals surface area contributed by atoms with Gasteiger partial charge in [0.1, 0.15) is 5.82 Å². The molecule has 7 heteroatoms. The highest BCUT2D eigenvalue weighted by molar-refractivity contribution is 5.38. The number of aromatic nitrogens is 2. The molecule has 0 saturated carbocycles. The average molecular weight is 270 g/mol. The fraction of sp³-hybridized carbons (Fsp3) is 0.667. The maximum absolute atomic E-state index is 14.6. The van der Waals surface area contributed by atoms with Crippen LogP contribution in [0.3, 0.4) is 0 Å². The van der Waals surface area contributed by atoms with Crippen molar-refractivity contribution in [2.45, 2.75) is 25.1 Å². The molecule has 0 radical (unpaired) electrons. The zero-order valence-electron chi connectivity index (χ0n) is 10.9. The molecule has 1 aliphatic rings. The summed E-state index contributed by atoms with van der Waals surface area (Å²) in [6.45, 7) is 2.28. The number of hydrogen-bond acceptors (Lipinski definition) is 6. The summed E-state index contributed by atoms with van der Waals surface area (Å²) in [7, 11) is 0. The van der Waals surface area contributed by atoms with Gasteiger partial charge in [-0.15, -0.1) is 0 Å². The van der Waals surface area contributed by atoms with Crippen LogP contribution in [0.2, 0.25) is 0 Å². The van der Waals surface area contributed by atoms with Crippen LogP contribution in [0.5, 0.6) is 0 Å². The first kappa shape index (κ1) is 14.0. The minimum Gasteiger partial charge on any atom is -0.394 e. The Morgan fingerprint density at radius 1 is 1.68 bits per heavy atom. The average Bonchev–Trinajstić information content (AvgIpc) is 2.36. The Morgan fingerprint density at radius 3 is 3.11 bits per heavy atom. The van der Waals surface area contributed by atoms with Gasteiger partial charge in [-0.2, -0.15) is 4.98 Å². The summed E-state index contributed by atoms with van der Waals surface area (Å²) < 4.78 is 19.9. The fourth-order valence-corrected chi connectivity index (χ4v) is 2.27. The Morgan fingerprint density at radius 2 is 2.47 bits per heavy atom. The topological polar surface area (TPSA) is 84.5 Å². The third kappa shape index (κ3) is 3.30. The number of nitrogen functional groups attached to an aromatic ring is 1. The van der Waals surface area contributed by atoms with Crippen LogP contribution in [-0.4, -0.2) is 53.2 Å². The number of nitrogens with two attached hydrogens (primary N) is 1. The molecule has 0 aromatic carbocycles. The molecular formula is C12H19FN4O2. The number of piperidine rings is 1. The van der Waals surface area contributed by atoms with E-state index in [2.05, 4.69) is 9.97 Å². The Labute approximate surface area is 111 Å². The van der Waals surface area contributed by atoms with Gasteiger partial charge in [-0.1, -0.05) is 0 Å². The van der Waals surface area contributed by atoms with Crippen molar-refractivity contribution >= 4 is 11.8 Å². The van der Waals surface area contributed by atoms with Crippen molar-refractivity contribution in [1.29, 1.82) is 0 Å². The molecule has 1 aromatic heterocycles. The molecule has 0 aliphatic carbocycles. The number of anilines is 2. The van der Waals surface area contributed by atoms with E-state index in [0.29, 0.717) is 24.7 Å². The first-order chi connectivity index (χ1) is 9.03. The fourth-order valence-electron chi connectivity index (χ4n) is 2.27. The molecule has 1 aromatic rings. The molecular weight excluding hydrogens is 251 g/mol. The number of alkyl halides is 1. The second kappa shape index (κ2) is 5.66. The molecule has 1 fully saturated rings. The van der Waals surface area contributed by atoms with Crippen molar-refractivity contribution in [3.63, 3.8) is 0 Å². The first-order valence-corrected chi connectivity index (χ1v) is 6.28. The zero-order valence-corrected chi connectivity index (χ0v) is 10.9. The number of rotatable bonds is 4. The van der Waals surface area contributed by atoms with E-state index in [1.807, 2.05) is 0 Å². The van der Waals surface area contributed by atoms with Crippen LogP contribution in [-0.2, 0) is 4.74 Å². The van der Waals surface area contributed by atoms with Crippen molar-refractivity contribution in [3.8, 4) is 0 Å². The molecule has 2 rings (SSSR count). The lowest BCUT2D eigenvalue weighted by molar-refractivity contribution is -0.0703. The highest BCUT2D eigenvalue weighted by Gasteiger charge is 2.41. The van der Waals surface area contributed by atoms with E-state index in [0.717, 1.165) is 0 Å². The predicted octanol–water partition coefficient (Wildman–Crippen LogP) is 0.375. The Kier molecular flexibility index (Phi) is 4.16. The van der Waals surface area contributed by atoms with Crippen molar-refractivity contribution in [2.75, 3.05) is 36.9 Å². The summed E-state index contributed by atoms with van der Waals surface area (Å²) >= 11 is 0. The van der Waals surface area contributed by atoms with Crippen LogP contribution in [0.15, 0.2) is 12.3 Å². The first-order valence-electron chi connectivity index (χ1n) is 6.28. The molecule has 3 N–H and O–H groups in total. The predicted molar refractivity (Wildman–Crippen MR) is 69.6 cm³/mol. The van der Waals surface area contributed by atoms with Crippen LogP contribution >= 0.6 is 0 Å². The molecule has 0 bridgehead atoms. The van der Waals surface area contributed by atoms with E-state index in [9.17, 15) is 4.39 Å². The minimum absolute atomic E-state index is 0.103. The van der Waals surface area contributed by atoms with Gasteiger partial charge in [0.2, 0.25) is 5.95 Å². The summed E-state index contributed by atoms with van der Waals surface area (Å²) in [6.07, 6.45) is 1.56. The Bertz CT molecular complexity index is 430. The maximum atomic E-state index is 14.6. The number of aliphatic hydroxyl groups is 1. The third-order valence-corrected chi connectivity index (χ3v) is 3.19. The van der Waals surface area contributed by atoms with Gasteiger partial charge in [0.25, 0.3) is 0 Å². The van der Waals surface area contributed by atoms with E-state index < -0.39 is 11.8 Å². The molecule has 106 valence electrons. The Hall–Kier alpha value is -1.47. The van der Waals surface area contributed by atoms with Gasteiger partial charge in [0.15, 0.2) is 5.67 Å². The molecule has 2 atom stereocenters. The maximum Gasteiger partial charge on any atom is 0.227 e. The van der Waals surface area contributed by atoms with Gasteiger partial charge < -0.3 is 20.5 Å². The van der Waals surface area contributed by atoms with Gasteiger partial charge in [-0.25, -0.2) is 9.37 Å². The smallest absolute Gasteiger partial charge is 0.227 e. The minimum atomic E-state index is -1.51. The molecule has 0 amide bonds. The van der Waals surface area contributed by atoms with Crippen LogP contribution < -0.4 is 10.6 Å². The van der Waals surface area contributed by atoms with Gasteiger partial charge in [-0.3, -0.25) is 0 Å². The summed E-state index contributed by atoms with van der Waals surface area (Å²) in [6, 6.07) is 1.59. The van der Waals surface area contributed by atoms with Crippen molar-refractivity contribution in [3.05, 3.63) is 12.3 Å². The van der Waals surface area contributed by atoms with Gasteiger partial charge in [-0.05, 0) is 19.4 Å². The normalized spacial score (nSPS) is 27.5. The molecule has 1 aliphatic heterocycles. The lowest BCUT2D eigenvalue weighted by Gasteiger charge is -2.40. The van der Waals surface area contributed by atoms with Gasteiger partial charge in [0, 0.05) is 12.7 Å². The highest BCUT2D eigenvalue weighted by atomic mass is 19.1. The second-order valence-corrected chi connectivity index (χ2v) is 4.85. The quantitative estimate of drug-likeness (QED) is 0.822. The summed E-state index contributed by atoms with van der Waals surface area (Å²) in [4.78, 5) is 9.96. The summed E-state index contributed by atoms with van der Waals surface area (Å²) in [5, 5.41) is 8.74. The standard InChI is InChI=1S/C12H19FN4O2/c1-12(13)8-17(5-3-9(12)19-7-6-18)11-15-4-2-10(14)16-11/h2,4,9,18H,3,5-8H2,1H3,(H2,14,15,16). The van der Waals surface area contributed by atoms with E-state index >= 15 is 0 Å². The molecule has 1 saturated heterocycles. The van der Waals surface area contributed by atoms with Crippen LogP contribution in [0.4, 0.5) is 16.2 Å². The Balaban J connectivity index is 2.05. The zero-order chi connectivity index (χ0) is 13.9. The van der Waals surface area contributed by atoms with Crippen LogP contribution in [0.1, 0.15) is 13.3 Å². The largest absolute Gasteiger partial charge is 0.394 e. The lowest BCUT2D eigenvalue weighted by atomic mass is 9.93. The molecule has 0 spiro atoms. The van der Waals surface area contributed by atoms with Crippen molar-refractivity contribution < 1.29 is 14.2 Å². The van der Waals surface area contributed by atoms with Crippen molar-refractivity contribution in [1.82, 2.24) is 9.97 Å². The summed E-state index contributed by atoms with van der Waals surface area (Å²) in [5.74, 6) is 0.800. The number of nitrogens with zero attached hydrogens (tertiary/aromatic N) is 3. The molecule has 19 heavy (non-hydrogen) atoms. The van der Waals surface area contributed by atoms with Crippen molar-refractivity contribution in [2.24, 2.45) is 0 Å². The summed E-state index contributed by atoms with van der Waals surface area (Å²) in [5.41, 5.74) is 4.09. The monoisotopic (exact) mass is 270 g/mol. The third-order valence-electron chi connectivity index (χ3n) is 3.19. The molecule has 2 heterocycles. The molecule has 2 unspecified atom stereocenters. The molecule has 6 nitrogen and oxygen atoms in total. The van der Waals surface area contributed by atoms with E-state index in [4.69, 9.17) is 15.6 Å². The van der Waals surface area contributed by atoms with Crippen LogP contribution in [0, 0.1) is 0 Å². The number of hydrogen-bond donors (Lipinski definition) is 2. The number of ether oxygens (including phenoxy) is 1. The second-order valence-electron chi connectivity index (χ2n) is 4.85. The highest BCUT2D eigenvalue weighted by Crippen LogP contribution is 2.29. The number of halogens is 1. The van der Waals surface area contributed by atoms with Gasteiger partial charge >= 0.3 is 0 Å².